The van der Waals surface area contributed by atoms with Gasteiger partial charge in [0.15, 0.2) is 0 Å². The van der Waals surface area contributed by atoms with Crippen LogP contribution in [-0.2, 0) is 9.53 Å². The number of morpholine rings is 1. The number of benzene rings is 1. The Balaban J connectivity index is 2.00. The second-order valence-corrected chi connectivity index (χ2v) is 5.32. The van der Waals surface area contributed by atoms with Crippen molar-refractivity contribution in [3.63, 3.8) is 0 Å². The number of rotatable bonds is 3. The average Bonchev–Trinajstić information content (AvgIpc) is 2.39. The fourth-order valence-electron chi connectivity index (χ4n) is 2.10. The van der Waals surface area contributed by atoms with Crippen LogP contribution in [0, 0.1) is 5.92 Å². The number of nitrogens with one attached hydrogen (secondary N) is 1. The van der Waals surface area contributed by atoms with Gasteiger partial charge in [-0.15, -0.1) is 0 Å². The SMILES string of the molecule is CC1CN(c2ccc(NC(=O)C(C)C)cc2)CCO1. The molecular weight excluding hydrogens is 240 g/mol. The lowest BCUT2D eigenvalue weighted by molar-refractivity contribution is -0.118. The van der Waals surface area contributed by atoms with Gasteiger partial charge in [0.25, 0.3) is 0 Å². The summed E-state index contributed by atoms with van der Waals surface area (Å²) in [6, 6.07) is 8.01. The van der Waals surface area contributed by atoms with Gasteiger partial charge in [0.2, 0.25) is 5.91 Å². The largest absolute Gasteiger partial charge is 0.375 e. The van der Waals surface area contributed by atoms with Crippen molar-refractivity contribution in [3.05, 3.63) is 24.3 Å². The first-order chi connectivity index (χ1) is 9.06. The van der Waals surface area contributed by atoms with Crippen LogP contribution in [0.3, 0.4) is 0 Å². The molecule has 0 saturated carbocycles. The van der Waals surface area contributed by atoms with Crippen molar-refractivity contribution in [1.29, 1.82) is 0 Å². The minimum absolute atomic E-state index is 0.000214. The maximum Gasteiger partial charge on any atom is 0.226 e. The molecule has 1 atom stereocenters. The molecule has 1 amide bonds. The molecule has 4 nitrogen and oxygen atoms in total. The molecule has 0 aliphatic carbocycles. The lowest BCUT2D eigenvalue weighted by Gasteiger charge is -2.33. The molecule has 1 unspecified atom stereocenters. The van der Waals surface area contributed by atoms with E-state index in [-0.39, 0.29) is 17.9 Å². The highest BCUT2D eigenvalue weighted by atomic mass is 16.5. The number of ether oxygens (including phenoxy) is 1. The average molecular weight is 262 g/mol. The fraction of sp³-hybridized carbons (Fsp3) is 0.533. The summed E-state index contributed by atoms with van der Waals surface area (Å²) in [6.07, 6.45) is 0.272. The second-order valence-electron chi connectivity index (χ2n) is 5.32. The zero-order chi connectivity index (χ0) is 13.8. The van der Waals surface area contributed by atoms with Gasteiger partial charge in [-0.25, -0.2) is 0 Å². The highest BCUT2D eigenvalue weighted by Crippen LogP contribution is 2.20. The van der Waals surface area contributed by atoms with Crippen molar-refractivity contribution in [2.45, 2.75) is 26.9 Å². The van der Waals surface area contributed by atoms with Crippen molar-refractivity contribution in [3.8, 4) is 0 Å². The number of carbonyl (C=O) groups excluding carboxylic acids is 1. The van der Waals surface area contributed by atoms with Crippen LogP contribution in [0.4, 0.5) is 11.4 Å². The van der Waals surface area contributed by atoms with E-state index in [2.05, 4.69) is 17.1 Å². The number of carbonyl (C=O) groups is 1. The zero-order valence-corrected chi connectivity index (χ0v) is 11.8. The highest BCUT2D eigenvalue weighted by Gasteiger charge is 2.16. The van der Waals surface area contributed by atoms with E-state index in [9.17, 15) is 4.79 Å². The topological polar surface area (TPSA) is 41.6 Å². The molecule has 19 heavy (non-hydrogen) atoms. The molecule has 1 saturated heterocycles. The van der Waals surface area contributed by atoms with Gasteiger partial charge in [-0.3, -0.25) is 4.79 Å². The van der Waals surface area contributed by atoms with Gasteiger partial charge in [-0.2, -0.15) is 0 Å². The first-order valence-electron chi connectivity index (χ1n) is 6.83. The van der Waals surface area contributed by atoms with Gasteiger partial charge in [-0.1, -0.05) is 13.8 Å². The molecule has 1 heterocycles. The molecule has 104 valence electrons. The fourth-order valence-corrected chi connectivity index (χ4v) is 2.10. The Hall–Kier alpha value is -1.55. The van der Waals surface area contributed by atoms with Crippen molar-refractivity contribution < 1.29 is 9.53 Å². The maximum atomic E-state index is 11.6. The third-order valence-electron chi connectivity index (χ3n) is 3.27. The van der Waals surface area contributed by atoms with E-state index in [1.54, 1.807) is 0 Å². The molecule has 0 spiro atoms. The Bertz CT molecular complexity index is 428. The summed E-state index contributed by atoms with van der Waals surface area (Å²) in [4.78, 5) is 13.9. The van der Waals surface area contributed by atoms with Crippen molar-refractivity contribution in [2.24, 2.45) is 5.92 Å². The predicted molar refractivity (Wildman–Crippen MR) is 77.5 cm³/mol. The highest BCUT2D eigenvalue weighted by molar-refractivity contribution is 5.92. The molecule has 1 N–H and O–H groups in total. The molecule has 1 fully saturated rings. The van der Waals surface area contributed by atoms with Crippen molar-refractivity contribution in [2.75, 3.05) is 29.9 Å². The van der Waals surface area contributed by atoms with Gasteiger partial charge < -0.3 is 15.0 Å². The van der Waals surface area contributed by atoms with E-state index in [4.69, 9.17) is 4.74 Å². The van der Waals surface area contributed by atoms with E-state index < -0.39 is 0 Å². The van der Waals surface area contributed by atoms with Crippen LogP contribution in [0.1, 0.15) is 20.8 Å². The van der Waals surface area contributed by atoms with Crippen LogP contribution in [0.5, 0.6) is 0 Å². The molecule has 4 heteroatoms. The standard InChI is InChI=1S/C15H22N2O2/c1-11(2)15(18)16-13-4-6-14(7-5-13)17-8-9-19-12(3)10-17/h4-7,11-12H,8-10H2,1-3H3,(H,16,18). The van der Waals surface area contributed by atoms with Gasteiger partial charge in [-0.05, 0) is 31.2 Å². The first kappa shape index (κ1) is 13.9. The minimum Gasteiger partial charge on any atom is -0.375 e. The van der Waals surface area contributed by atoms with Crippen LogP contribution in [-0.4, -0.2) is 31.7 Å². The predicted octanol–water partition coefficient (Wildman–Crippen LogP) is 2.51. The Morgan fingerprint density at radius 3 is 2.63 bits per heavy atom. The Kier molecular flexibility index (Phi) is 4.43. The van der Waals surface area contributed by atoms with Crippen LogP contribution in [0.2, 0.25) is 0 Å². The summed E-state index contributed by atoms with van der Waals surface area (Å²) in [6.45, 7) is 8.47. The van der Waals surface area contributed by atoms with Crippen LogP contribution in [0.25, 0.3) is 0 Å². The van der Waals surface area contributed by atoms with Crippen LogP contribution >= 0.6 is 0 Å². The summed E-state index contributed by atoms with van der Waals surface area (Å²) in [5.41, 5.74) is 2.03. The summed E-state index contributed by atoms with van der Waals surface area (Å²) >= 11 is 0. The third-order valence-corrected chi connectivity index (χ3v) is 3.27. The van der Waals surface area contributed by atoms with Crippen LogP contribution in [0.15, 0.2) is 24.3 Å². The molecule has 1 aromatic carbocycles. The molecule has 1 aliphatic rings. The third kappa shape index (κ3) is 3.70. The van der Waals surface area contributed by atoms with Gasteiger partial charge >= 0.3 is 0 Å². The monoisotopic (exact) mass is 262 g/mol. The first-order valence-corrected chi connectivity index (χ1v) is 6.83. The number of amides is 1. The summed E-state index contributed by atoms with van der Waals surface area (Å²) in [5.74, 6) is 0.0486. The Labute approximate surface area is 114 Å². The molecule has 1 aliphatic heterocycles. The Morgan fingerprint density at radius 1 is 1.37 bits per heavy atom. The molecule has 2 rings (SSSR count). The second kappa shape index (κ2) is 6.06. The molecule has 1 aromatic rings. The summed E-state index contributed by atoms with van der Waals surface area (Å²) < 4.78 is 5.53. The van der Waals surface area contributed by atoms with E-state index in [1.807, 2.05) is 38.1 Å². The van der Waals surface area contributed by atoms with E-state index in [0.29, 0.717) is 0 Å². The van der Waals surface area contributed by atoms with E-state index in [1.165, 1.54) is 5.69 Å². The summed E-state index contributed by atoms with van der Waals surface area (Å²) in [7, 11) is 0. The van der Waals surface area contributed by atoms with Crippen molar-refractivity contribution >= 4 is 17.3 Å². The van der Waals surface area contributed by atoms with E-state index >= 15 is 0 Å². The lowest BCUT2D eigenvalue weighted by Crippen LogP contribution is -2.41. The van der Waals surface area contributed by atoms with Gasteiger partial charge in [0.1, 0.15) is 0 Å². The zero-order valence-electron chi connectivity index (χ0n) is 11.8. The maximum absolute atomic E-state index is 11.6. The van der Waals surface area contributed by atoms with Gasteiger partial charge in [0.05, 0.1) is 12.7 Å². The lowest BCUT2D eigenvalue weighted by atomic mass is 10.2. The minimum atomic E-state index is -0.000214. The van der Waals surface area contributed by atoms with Gasteiger partial charge in [0, 0.05) is 30.4 Å². The normalized spacial score (nSPS) is 19.6. The number of nitrogens with zero attached hydrogens (tertiary/aromatic N) is 1. The number of anilines is 2. The smallest absolute Gasteiger partial charge is 0.226 e. The molecule has 0 aromatic heterocycles. The Morgan fingerprint density at radius 2 is 2.05 bits per heavy atom. The molecule has 0 radical (unpaired) electrons. The van der Waals surface area contributed by atoms with E-state index in [0.717, 1.165) is 25.4 Å². The number of hydrogen-bond donors (Lipinski definition) is 1. The summed E-state index contributed by atoms with van der Waals surface area (Å²) in [5, 5.41) is 2.90. The molecular formula is C15H22N2O2. The molecule has 0 bridgehead atoms. The quantitative estimate of drug-likeness (QED) is 0.910. The van der Waals surface area contributed by atoms with Crippen molar-refractivity contribution in [1.82, 2.24) is 0 Å². The number of hydrogen-bond acceptors (Lipinski definition) is 3. The van der Waals surface area contributed by atoms with Crippen LogP contribution < -0.4 is 10.2 Å².